The van der Waals surface area contributed by atoms with E-state index in [1.807, 2.05) is 18.2 Å². The van der Waals surface area contributed by atoms with Gasteiger partial charge in [0.25, 0.3) is 5.56 Å². The monoisotopic (exact) mass is 387 g/mol. The van der Waals surface area contributed by atoms with Crippen molar-refractivity contribution in [2.75, 3.05) is 0 Å². The predicted octanol–water partition coefficient (Wildman–Crippen LogP) is 2.86. The zero-order valence-electron chi connectivity index (χ0n) is 15.4. The SMILES string of the molecule is CC(C)Cc1nn2c(=O)cc(COC(=O)[C@@H](C)Oc3ccccc3)nc2s1. The van der Waals surface area contributed by atoms with Gasteiger partial charge in [-0.25, -0.2) is 9.78 Å². The maximum Gasteiger partial charge on any atom is 0.347 e. The molecule has 27 heavy (non-hydrogen) atoms. The molecule has 3 rings (SSSR count). The normalized spacial score (nSPS) is 12.3. The minimum absolute atomic E-state index is 0.0928. The Labute approximate surface area is 160 Å². The number of para-hydroxylation sites is 1. The third-order valence-electron chi connectivity index (χ3n) is 3.67. The van der Waals surface area contributed by atoms with Gasteiger partial charge in [-0.1, -0.05) is 43.4 Å². The van der Waals surface area contributed by atoms with Gasteiger partial charge in [0.05, 0.1) is 5.69 Å². The Kier molecular flexibility index (Phi) is 5.85. The number of fused-ring (bicyclic) bond motifs is 1. The van der Waals surface area contributed by atoms with E-state index in [4.69, 9.17) is 9.47 Å². The Bertz CT molecular complexity index is 982. The van der Waals surface area contributed by atoms with Crippen molar-refractivity contribution in [1.29, 1.82) is 0 Å². The fourth-order valence-electron chi connectivity index (χ4n) is 2.42. The van der Waals surface area contributed by atoms with E-state index in [-0.39, 0.29) is 12.2 Å². The number of benzene rings is 1. The maximum absolute atomic E-state index is 12.2. The van der Waals surface area contributed by atoms with Gasteiger partial charge in [0.2, 0.25) is 4.96 Å². The summed E-state index contributed by atoms with van der Waals surface area (Å²) in [4.78, 5) is 29.2. The van der Waals surface area contributed by atoms with E-state index in [0.29, 0.717) is 22.3 Å². The van der Waals surface area contributed by atoms with Crippen molar-refractivity contribution in [2.45, 2.75) is 39.9 Å². The van der Waals surface area contributed by atoms with Crippen LogP contribution in [0.2, 0.25) is 0 Å². The molecule has 3 aromatic rings. The minimum atomic E-state index is -0.765. The lowest BCUT2D eigenvalue weighted by atomic mass is 10.1. The molecule has 2 heterocycles. The van der Waals surface area contributed by atoms with E-state index in [9.17, 15) is 9.59 Å². The maximum atomic E-state index is 12.2. The lowest BCUT2D eigenvalue weighted by Crippen LogP contribution is -2.26. The van der Waals surface area contributed by atoms with Crippen molar-refractivity contribution in [1.82, 2.24) is 14.6 Å². The molecule has 0 amide bonds. The van der Waals surface area contributed by atoms with E-state index in [0.717, 1.165) is 11.4 Å². The summed E-state index contributed by atoms with van der Waals surface area (Å²) in [6.07, 6.45) is 0.0184. The standard InChI is InChI=1S/C19H21N3O4S/c1-12(2)9-16-21-22-17(23)10-14(20-19(22)27-16)11-25-18(24)13(3)26-15-7-5-4-6-8-15/h4-8,10,12-13H,9,11H2,1-3H3/t13-/m1/s1. The van der Waals surface area contributed by atoms with Crippen LogP contribution in [0.15, 0.2) is 41.2 Å². The van der Waals surface area contributed by atoms with Gasteiger partial charge in [0.1, 0.15) is 17.4 Å². The number of hydrogen-bond donors (Lipinski definition) is 0. The van der Waals surface area contributed by atoms with Gasteiger partial charge in [-0.3, -0.25) is 4.79 Å². The molecule has 0 radical (unpaired) electrons. The lowest BCUT2D eigenvalue weighted by molar-refractivity contribution is -0.152. The molecule has 142 valence electrons. The van der Waals surface area contributed by atoms with E-state index in [1.54, 1.807) is 19.1 Å². The third-order valence-corrected chi connectivity index (χ3v) is 4.60. The van der Waals surface area contributed by atoms with Crippen LogP contribution in [0.5, 0.6) is 5.75 Å². The topological polar surface area (TPSA) is 82.8 Å². The number of hydrogen-bond acceptors (Lipinski definition) is 7. The van der Waals surface area contributed by atoms with Gasteiger partial charge in [-0.2, -0.15) is 9.61 Å². The van der Waals surface area contributed by atoms with Crippen molar-refractivity contribution >= 4 is 22.3 Å². The van der Waals surface area contributed by atoms with Crippen molar-refractivity contribution in [3.05, 3.63) is 57.5 Å². The van der Waals surface area contributed by atoms with Crippen LogP contribution in [-0.2, 0) is 22.6 Å². The van der Waals surface area contributed by atoms with Crippen LogP contribution in [0.25, 0.3) is 4.96 Å². The molecule has 0 aliphatic heterocycles. The fourth-order valence-corrected chi connectivity index (χ4v) is 3.55. The Morgan fingerprint density at radius 1 is 1.22 bits per heavy atom. The van der Waals surface area contributed by atoms with Gasteiger partial charge in [-0.05, 0) is 25.0 Å². The molecule has 0 unspecified atom stereocenters. The van der Waals surface area contributed by atoms with Crippen LogP contribution in [0.4, 0.5) is 0 Å². The summed E-state index contributed by atoms with van der Waals surface area (Å²) in [5.41, 5.74) is 0.103. The van der Waals surface area contributed by atoms with Gasteiger partial charge in [-0.15, -0.1) is 0 Å². The van der Waals surface area contributed by atoms with Crippen LogP contribution in [0, 0.1) is 5.92 Å². The zero-order chi connectivity index (χ0) is 19.4. The van der Waals surface area contributed by atoms with Crippen LogP contribution in [0.3, 0.4) is 0 Å². The first-order valence-corrected chi connectivity index (χ1v) is 9.51. The first kappa shape index (κ1) is 19.0. The molecule has 1 aromatic carbocycles. The smallest absolute Gasteiger partial charge is 0.347 e. The second-order valence-electron chi connectivity index (χ2n) is 6.55. The first-order valence-electron chi connectivity index (χ1n) is 8.69. The molecule has 0 aliphatic carbocycles. The highest BCUT2D eigenvalue weighted by Gasteiger charge is 2.17. The van der Waals surface area contributed by atoms with Crippen LogP contribution in [0.1, 0.15) is 31.5 Å². The molecular weight excluding hydrogens is 366 g/mol. The minimum Gasteiger partial charge on any atom is -0.479 e. The van der Waals surface area contributed by atoms with E-state index in [1.165, 1.54) is 21.9 Å². The molecule has 0 fully saturated rings. The first-order chi connectivity index (χ1) is 12.9. The molecule has 0 aliphatic rings. The fraction of sp³-hybridized carbons (Fsp3) is 0.368. The van der Waals surface area contributed by atoms with Gasteiger partial charge in [0.15, 0.2) is 6.10 Å². The third kappa shape index (κ3) is 4.91. The average molecular weight is 387 g/mol. The number of ether oxygens (including phenoxy) is 2. The van der Waals surface area contributed by atoms with Crippen molar-refractivity contribution in [2.24, 2.45) is 5.92 Å². The van der Waals surface area contributed by atoms with Gasteiger partial charge < -0.3 is 9.47 Å². The summed E-state index contributed by atoms with van der Waals surface area (Å²) in [5, 5.41) is 5.15. The number of rotatable bonds is 7. The highest BCUT2D eigenvalue weighted by molar-refractivity contribution is 7.16. The van der Waals surface area contributed by atoms with Crippen LogP contribution in [-0.4, -0.2) is 26.7 Å². The number of nitrogens with zero attached hydrogens (tertiary/aromatic N) is 3. The van der Waals surface area contributed by atoms with Crippen molar-refractivity contribution in [3.8, 4) is 5.75 Å². The average Bonchev–Trinajstić information content (AvgIpc) is 3.02. The van der Waals surface area contributed by atoms with Crippen LogP contribution >= 0.6 is 11.3 Å². The molecule has 7 nitrogen and oxygen atoms in total. The largest absolute Gasteiger partial charge is 0.479 e. The van der Waals surface area contributed by atoms with E-state index >= 15 is 0 Å². The van der Waals surface area contributed by atoms with Crippen molar-refractivity contribution in [3.63, 3.8) is 0 Å². The molecule has 8 heteroatoms. The highest BCUT2D eigenvalue weighted by atomic mass is 32.1. The summed E-state index contributed by atoms with van der Waals surface area (Å²) in [5.74, 6) is 0.500. The molecule has 1 atom stereocenters. The molecule has 0 N–H and O–H groups in total. The second-order valence-corrected chi connectivity index (χ2v) is 7.60. The summed E-state index contributed by atoms with van der Waals surface area (Å²) in [6, 6.07) is 10.4. The van der Waals surface area contributed by atoms with Gasteiger partial charge in [0, 0.05) is 12.5 Å². The summed E-state index contributed by atoms with van der Waals surface area (Å²) in [6.45, 7) is 5.70. The molecule has 0 saturated heterocycles. The quantitative estimate of drug-likeness (QED) is 0.580. The predicted molar refractivity (Wildman–Crippen MR) is 102 cm³/mol. The van der Waals surface area contributed by atoms with Crippen LogP contribution < -0.4 is 10.3 Å². The molecule has 0 bridgehead atoms. The molecule has 2 aromatic heterocycles. The number of esters is 1. The Morgan fingerprint density at radius 3 is 2.67 bits per heavy atom. The Morgan fingerprint density at radius 2 is 1.96 bits per heavy atom. The Hall–Kier alpha value is -2.74. The number of carbonyl (C=O) groups excluding carboxylic acids is 1. The Balaban J connectivity index is 1.65. The number of carbonyl (C=O) groups is 1. The van der Waals surface area contributed by atoms with Gasteiger partial charge >= 0.3 is 5.97 Å². The highest BCUT2D eigenvalue weighted by Crippen LogP contribution is 2.16. The zero-order valence-corrected chi connectivity index (χ0v) is 16.2. The number of aromatic nitrogens is 3. The molecular formula is C19H21N3O4S. The van der Waals surface area contributed by atoms with E-state index in [2.05, 4.69) is 23.9 Å². The lowest BCUT2D eigenvalue weighted by Gasteiger charge is -2.13. The van der Waals surface area contributed by atoms with E-state index < -0.39 is 12.1 Å². The van der Waals surface area contributed by atoms with Crippen molar-refractivity contribution < 1.29 is 14.3 Å². The summed E-state index contributed by atoms with van der Waals surface area (Å²) >= 11 is 1.37. The molecule has 0 spiro atoms. The molecule has 0 saturated carbocycles. The summed E-state index contributed by atoms with van der Waals surface area (Å²) in [7, 11) is 0. The second kappa shape index (κ2) is 8.30. The summed E-state index contributed by atoms with van der Waals surface area (Å²) < 4.78 is 12.1.